The Morgan fingerprint density at radius 3 is 2.24 bits per heavy atom. The van der Waals surface area contributed by atoms with E-state index >= 15 is 0 Å². The highest BCUT2D eigenvalue weighted by molar-refractivity contribution is 5.62. The first-order valence-electron chi connectivity index (χ1n) is 14.1. The normalized spacial score (nSPS) is 19.7. The Hall–Kier alpha value is -2.90. The summed E-state index contributed by atoms with van der Waals surface area (Å²) in [7, 11) is 1.42. The van der Waals surface area contributed by atoms with E-state index in [1.807, 2.05) is 19.9 Å². The summed E-state index contributed by atoms with van der Waals surface area (Å²) in [4.78, 5) is 4.05. The molecule has 2 aliphatic heterocycles. The molecule has 2 atom stereocenters. The third-order valence-corrected chi connectivity index (χ3v) is 7.93. The number of rotatable bonds is 8. The molecule has 1 fully saturated rings. The van der Waals surface area contributed by atoms with Gasteiger partial charge in [0.15, 0.2) is 0 Å². The van der Waals surface area contributed by atoms with Crippen LogP contribution in [0.3, 0.4) is 0 Å². The van der Waals surface area contributed by atoms with Gasteiger partial charge in [-0.15, -0.1) is 0 Å². The Morgan fingerprint density at radius 2 is 1.64 bits per heavy atom. The van der Waals surface area contributed by atoms with Crippen LogP contribution in [0.15, 0.2) is 40.7 Å². The molecular weight excluding hydrogens is 562 g/mol. The standard InChI is InChI=1S/C29H38F6N6O/c1-18-11-19(2)26-24(12-18)25(5-4-8-40(26)16-20-6-9-42-10-7-20)41(27(36)38-39-37-3)17-21-13-22(28(30,31)32)15-23(14-21)29(33,34)35/h11-15,20,25,27H,4-10,16-17,36H2,1-3H3,(H,37,38). The molecule has 0 amide bonds. The highest BCUT2D eigenvalue weighted by Crippen LogP contribution is 2.42. The SMILES string of the molecule is CN=NNC(N)N(Cc1cc(C(F)(F)F)cc(C(F)(F)F)c1)C1CCCN(CC2CCOCC2)c2c(C)cc(C)cc21. The maximum atomic E-state index is 13.7. The zero-order valence-electron chi connectivity index (χ0n) is 24.0. The second-order valence-corrected chi connectivity index (χ2v) is 11.1. The number of nitrogens with two attached hydrogens (primary N) is 1. The van der Waals surface area contributed by atoms with Crippen LogP contribution in [0.4, 0.5) is 32.0 Å². The molecular formula is C29H38F6N6O. The van der Waals surface area contributed by atoms with E-state index in [9.17, 15) is 26.3 Å². The molecule has 4 rings (SSSR count). The number of ether oxygens (including phenoxy) is 1. The number of aryl methyl sites for hydroxylation is 2. The van der Waals surface area contributed by atoms with Crippen molar-refractivity contribution in [1.82, 2.24) is 10.3 Å². The van der Waals surface area contributed by atoms with E-state index in [0.717, 1.165) is 80.1 Å². The third kappa shape index (κ3) is 7.73. The van der Waals surface area contributed by atoms with Gasteiger partial charge in [0.05, 0.1) is 18.2 Å². The summed E-state index contributed by atoms with van der Waals surface area (Å²) < 4.78 is 87.6. The first-order valence-corrected chi connectivity index (χ1v) is 14.1. The minimum Gasteiger partial charge on any atom is -0.381 e. The highest BCUT2D eigenvalue weighted by atomic mass is 19.4. The third-order valence-electron chi connectivity index (χ3n) is 7.93. The number of alkyl halides is 6. The lowest BCUT2D eigenvalue weighted by molar-refractivity contribution is -0.143. The second-order valence-electron chi connectivity index (χ2n) is 11.1. The first-order chi connectivity index (χ1) is 19.8. The highest BCUT2D eigenvalue weighted by Gasteiger charge is 2.38. The molecule has 2 unspecified atom stereocenters. The van der Waals surface area contributed by atoms with Gasteiger partial charge in [-0.25, -0.2) is 0 Å². The van der Waals surface area contributed by atoms with E-state index in [1.54, 1.807) is 4.90 Å². The minimum atomic E-state index is -4.95. The van der Waals surface area contributed by atoms with Crippen LogP contribution in [0.5, 0.6) is 0 Å². The van der Waals surface area contributed by atoms with Gasteiger partial charge in [-0.3, -0.25) is 16.1 Å². The number of halogens is 6. The van der Waals surface area contributed by atoms with Gasteiger partial charge in [0.25, 0.3) is 0 Å². The van der Waals surface area contributed by atoms with Crippen LogP contribution in [0.1, 0.15) is 65.1 Å². The molecule has 0 aliphatic carbocycles. The van der Waals surface area contributed by atoms with Gasteiger partial charge in [0.1, 0.15) is 6.29 Å². The van der Waals surface area contributed by atoms with Crippen LogP contribution >= 0.6 is 0 Å². The monoisotopic (exact) mass is 600 g/mol. The average molecular weight is 601 g/mol. The van der Waals surface area contributed by atoms with Gasteiger partial charge in [-0.2, -0.15) is 31.5 Å². The Morgan fingerprint density at radius 1 is 1.00 bits per heavy atom. The van der Waals surface area contributed by atoms with E-state index in [4.69, 9.17) is 10.5 Å². The van der Waals surface area contributed by atoms with E-state index < -0.39 is 35.8 Å². The molecule has 3 N–H and O–H groups in total. The van der Waals surface area contributed by atoms with Crippen LogP contribution in [-0.2, 0) is 23.6 Å². The summed E-state index contributed by atoms with van der Waals surface area (Å²) in [6.07, 6.45) is -7.70. The predicted molar refractivity (Wildman–Crippen MR) is 148 cm³/mol. The van der Waals surface area contributed by atoms with E-state index in [-0.39, 0.29) is 18.2 Å². The quantitative estimate of drug-likeness (QED) is 0.152. The maximum Gasteiger partial charge on any atom is 0.416 e. The zero-order chi connectivity index (χ0) is 30.7. The first kappa shape index (κ1) is 32.0. The lowest BCUT2D eigenvalue weighted by Crippen LogP contribution is -2.51. The summed E-state index contributed by atoms with van der Waals surface area (Å²) in [5, 5.41) is 7.44. The predicted octanol–water partition coefficient (Wildman–Crippen LogP) is 6.74. The van der Waals surface area contributed by atoms with E-state index in [2.05, 4.69) is 26.7 Å². The Labute approximate surface area is 242 Å². The molecule has 2 aliphatic rings. The molecule has 2 aromatic carbocycles. The molecule has 1 saturated heterocycles. The number of hydrogen-bond donors (Lipinski definition) is 2. The largest absolute Gasteiger partial charge is 0.416 e. The summed E-state index contributed by atoms with van der Waals surface area (Å²) >= 11 is 0. The minimum absolute atomic E-state index is 0.138. The number of hydrogen-bond acceptors (Lipinski definition) is 6. The molecule has 0 spiro atoms. The van der Waals surface area contributed by atoms with E-state index in [1.165, 1.54) is 7.05 Å². The molecule has 232 valence electrons. The Kier molecular flexibility index (Phi) is 10.0. The number of nitrogens with zero attached hydrogens (tertiary/aromatic N) is 4. The molecule has 7 nitrogen and oxygen atoms in total. The average Bonchev–Trinajstić information content (AvgIpc) is 3.09. The molecule has 42 heavy (non-hydrogen) atoms. The van der Waals surface area contributed by atoms with Gasteiger partial charge >= 0.3 is 12.4 Å². The van der Waals surface area contributed by atoms with Crippen molar-refractivity contribution >= 4 is 5.69 Å². The zero-order valence-corrected chi connectivity index (χ0v) is 24.0. The molecule has 0 aromatic heterocycles. The molecule has 0 radical (unpaired) electrons. The van der Waals surface area contributed by atoms with Crippen molar-refractivity contribution in [3.05, 3.63) is 63.7 Å². The van der Waals surface area contributed by atoms with Crippen molar-refractivity contribution in [3.8, 4) is 0 Å². The number of anilines is 1. The second kappa shape index (κ2) is 13.2. The fourth-order valence-corrected chi connectivity index (χ4v) is 6.10. The van der Waals surface area contributed by atoms with Gasteiger partial charge in [-0.05, 0) is 80.3 Å². The summed E-state index contributed by atoms with van der Waals surface area (Å²) in [6, 6.07) is 5.37. The van der Waals surface area contributed by atoms with Crippen LogP contribution in [0.25, 0.3) is 0 Å². The van der Waals surface area contributed by atoms with Gasteiger partial charge in [-0.1, -0.05) is 22.9 Å². The summed E-state index contributed by atoms with van der Waals surface area (Å²) in [5.74, 6) is 0.458. The van der Waals surface area contributed by atoms with Gasteiger partial charge in [0.2, 0.25) is 0 Å². The van der Waals surface area contributed by atoms with Crippen molar-refractivity contribution in [2.24, 2.45) is 22.0 Å². The lowest BCUT2D eigenvalue weighted by atomic mass is 9.93. The van der Waals surface area contributed by atoms with Crippen LogP contribution < -0.4 is 16.1 Å². The van der Waals surface area contributed by atoms with Crippen LogP contribution in [-0.4, -0.2) is 44.5 Å². The lowest BCUT2D eigenvalue weighted by Gasteiger charge is -2.37. The fraction of sp³-hybridized carbons (Fsp3) is 0.586. The van der Waals surface area contributed by atoms with E-state index in [0.29, 0.717) is 12.3 Å². The molecule has 13 heteroatoms. The van der Waals surface area contributed by atoms with Crippen molar-refractivity contribution in [2.45, 2.75) is 70.8 Å². The van der Waals surface area contributed by atoms with Crippen molar-refractivity contribution in [2.75, 3.05) is 38.3 Å². The molecule has 0 bridgehead atoms. The van der Waals surface area contributed by atoms with Crippen molar-refractivity contribution < 1.29 is 31.1 Å². The fourth-order valence-electron chi connectivity index (χ4n) is 6.10. The number of fused-ring (bicyclic) bond motifs is 1. The van der Waals surface area contributed by atoms with Gasteiger partial charge in [0, 0.05) is 44.6 Å². The van der Waals surface area contributed by atoms with Crippen LogP contribution in [0.2, 0.25) is 0 Å². The molecule has 2 heterocycles. The summed E-state index contributed by atoms with van der Waals surface area (Å²) in [6.45, 7) is 6.75. The Bertz CT molecular complexity index is 1210. The summed E-state index contributed by atoms with van der Waals surface area (Å²) in [5.41, 5.74) is 10.3. The smallest absolute Gasteiger partial charge is 0.381 e. The topological polar surface area (TPSA) is 78.5 Å². The maximum absolute atomic E-state index is 13.7. The Balaban J connectivity index is 1.79. The molecule has 2 aromatic rings. The number of nitrogens with one attached hydrogen (secondary N) is 1. The number of benzene rings is 2. The van der Waals surface area contributed by atoms with Gasteiger partial charge < -0.3 is 9.64 Å². The van der Waals surface area contributed by atoms with Crippen molar-refractivity contribution in [1.29, 1.82) is 0 Å². The van der Waals surface area contributed by atoms with Crippen LogP contribution in [0, 0.1) is 19.8 Å². The van der Waals surface area contributed by atoms with Crippen molar-refractivity contribution in [3.63, 3.8) is 0 Å². The molecule has 0 saturated carbocycles.